The van der Waals surface area contributed by atoms with E-state index in [0.717, 1.165) is 38.8 Å². The Bertz CT molecular complexity index is 248. The zero-order chi connectivity index (χ0) is 12.1. The number of piperidine rings is 1. The van der Waals surface area contributed by atoms with Crippen LogP contribution in [0.25, 0.3) is 0 Å². The first-order valence-electron chi connectivity index (χ1n) is 6.92. The largest absolute Gasteiger partial charge is 0.395 e. The summed E-state index contributed by atoms with van der Waals surface area (Å²) in [5.74, 6) is 0.806. The zero-order valence-electron chi connectivity index (χ0n) is 10.5. The van der Waals surface area contributed by atoms with E-state index in [2.05, 4.69) is 5.32 Å². The van der Waals surface area contributed by atoms with Gasteiger partial charge in [-0.1, -0.05) is 0 Å². The molecule has 0 spiro atoms. The van der Waals surface area contributed by atoms with E-state index in [4.69, 9.17) is 5.11 Å². The topological polar surface area (TPSA) is 52.6 Å². The summed E-state index contributed by atoms with van der Waals surface area (Å²) >= 11 is 0. The van der Waals surface area contributed by atoms with Crippen LogP contribution in [0.3, 0.4) is 0 Å². The van der Waals surface area contributed by atoms with E-state index < -0.39 is 0 Å². The number of hydrogen-bond donors (Lipinski definition) is 2. The van der Waals surface area contributed by atoms with Crippen molar-refractivity contribution in [3.8, 4) is 0 Å². The summed E-state index contributed by atoms with van der Waals surface area (Å²) in [6.45, 7) is 2.70. The van der Waals surface area contributed by atoms with Gasteiger partial charge in [-0.3, -0.25) is 4.79 Å². The lowest BCUT2D eigenvalue weighted by Gasteiger charge is -2.38. The number of hydrogen-bond acceptors (Lipinski definition) is 3. The Morgan fingerprint density at radius 2 is 1.94 bits per heavy atom. The van der Waals surface area contributed by atoms with Gasteiger partial charge in [0.2, 0.25) is 5.91 Å². The summed E-state index contributed by atoms with van der Waals surface area (Å²) in [5.41, 5.74) is 0. The van der Waals surface area contributed by atoms with Crippen LogP contribution in [0.15, 0.2) is 0 Å². The van der Waals surface area contributed by atoms with Crippen LogP contribution in [0.5, 0.6) is 0 Å². The minimum atomic E-state index is 0.0917. The predicted octanol–water partition coefficient (Wildman–Crippen LogP) is 0.749. The van der Waals surface area contributed by atoms with Crippen LogP contribution in [0.1, 0.15) is 38.5 Å². The van der Waals surface area contributed by atoms with E-state index in [1.54, 1.807) is 0 Å². The van der Waals surface area contributed by atoms with E-state index in [0.29, 0.717) is 24.9 Å². The molecule has 98 valence electrons. The lowest BCUT2D eigenvalue weighted by molar-refractivity contribution is -0.137. The number of aliphatic hydroxyl groups is 1. The summed E-state index contributed by atoms with van der Waals surface area (Å²) in [7, 11) is 0. The molecule has 1 amide bonds. The Balaban J connectivity index is 1.81. The summed E-state index contributed by atoms with van der Waals surface area (Å²) in [5, 5.41) is 12.4. The smallest absolute Gasteiger partial charge is 0.223 e. The van der Waals surface area contributed by atoms with Crippen molar-refractivity contribution >= 4 is 5.91 Å². The lowest BCUT2D eigenvalue weighted by atomic mass is 9.89. The number of amides is 1. The Morgan fingerprint density at radius 1 is 1.24 bits per heavy atom. The van der Waals surface area contributed by atoms with Gasteiger partial charge in [-0.2, -0.15) is 0 Å². The van der Waals surface area contributed by atoms with Crippen LogP contribution >= 0.6 is 0 Å². The van der Waals surface area contributed by atoms with Crippen LogP contribution < -0.4 is 5.32 Å². The lowest BCUT2D eigenvalue weighted by Crippen LogP contribution is -2.46. The normalized spacial score (nSPS) is 22.2. The van der Waals surface area contributed by atoms with Gasteiger partial charge in [0.1, 0.15) is 0 Å². The third-order valence-corrected chi connectivity index (χ3v) is 4.10. The highest BCUT2D eigenvalue weighted by Gasteiger charge is 2.29. The molecule has 0 radical (unpaired) electrons. The molecule has 2 aliphatic rings. The first-order chi connectivity index (χ1) is 8.31. The van der Waals surface area contributed by atoms with Crippen LogP contribution in [0.4, 0.5) is 0 Å². The standard InChI is InChI=1S/C13H24N2O2/c16-9-8-15(12-2-1-3-12)13(17)10-11-4-6-14-7-5-11/h11-12,14,16H,1-10H2. The van der Waals surface area contributed by atoms with Crippen molar-refractivity contribution < 1.29 is 9.90 Å². The molecule has 0 aromatic rings. The summed E-state index contributed by atoms with van der Waals surface area (Å²) < 4.78 is 0. The molecule has 0 bridgehead atoms. The summed E-state index contributed by atoms with van der Waals surface area (Å²) in [6.07, 6.45) is 6.38. The van der Waals surface area contributed by atoms with E-state index in [1.165, 1.54) is 6.42 Å². The number of carbonyl (C=O) groups excluding carboxylic acids is 1. The van der Waals surface area contributed by atoms with Crippen LogP contribution in [-0.4, -0.2) is 48.2 Å². The molecule has 17 heavy (non-hydrogen) atoms. The van der Waals surface area contributed by atoms with Gasteiger partial charge in [-0.05, 0) is 51.1 Å². The maximum Gasteiger partial charge on any atom is 0.223 e. The minimum absolute atomic E-state index is 0.0917. The van der Waals surface area contributed by atoms with Gasteiger partial charge in [-0.25, -0.2) is 0 Å². The van der Waals surface area contributed by atoms with Gasteiger partial charge in [0.05, 0.1) is 6.61 Å². The van der Waals surface area contributed by atoms with Crippen LogP contribution in [-0.2, 0) is 4.79 Å². The maximum atomic E-state index is 12.2. The maximum absolute atomic E-state index is 12.2. The van der Waals surface area contributed by atoms with Gasteiger partial charge in [0.15, 0.2) is 0 Å². The first kappa shape index (κ1) is 12.8. The molecule has 4 heteroatoms. The molecule has 1 heterocycles. The fourth-order valence-corrected chi connectivity index (χ4v) is 2.77. The monoisotopic (exact) mass is 240 g/mol. The molecule has 2 fully saturated rings. The quantitative estimate of drug-likeness (QED) is 0.745. The van der Waals surface area contributed by atoms with Gasteiger partial charge < -0.3 is 15.3 Å². The van der Waals surface area contributed by atoms with Crippen molar-refractivity contribution in [3.63, 3.8) is 0 Å². The van der Waals surface area contributed by atoms with Gasteiger partial charge in [0, 0.05) is 19.0 Å². The Morgan fingerprint density at radius 3 is 2.47 bits per heavy atom. The van der Waals surface area contributed by atoms with Gasteiger partial charge in [-0.15, -0.1) is 0 Å². The van der Waals surface area contributed by atoms with Crippen molar-refractivity contribution in [2.45, 2.75) is 44.6 Å². The van der Waals surface area contributed by atoms with Crippen molar-refractivity contribution in [2.24, 2.45) is 5.92 Å². The molecule has 0 atom stereocenters. The van der Waals surface area contributed by atoms with Crippen LogP contribution in [0.2, 0.25) is 0 Å². The Hall–Kier alpha value is -0.610. The molecule has 0 aromatic carbocycles. The molecule has 2 N–H and O–H groups in total. The van der Waals surface area contributed by atoms with E-state index in [9.17, 15) is 4.79 Å². The Labute approximate surface area is 103 Å². The van der Waals surface area contributed by atoms with E-state index in [-0.39, 0.29) is 12.5 Å². The molecular formula is C13H24N2O2. The highest BCUT2D eigenvalue weighted by atomic mass is 16.3. The van der Waals surface area contributed by atoms with Gasteiger partial charge >= 0.3 is 0 Å². The van der Waals surface area contributed by atoms with E-state index in [1.807, 2.05) is 4.90 Å². The van der Waals surface area contributed by atoms with Crippen molar-refractivity contribution in [1.29, 1.82) is 0 Å². The predicted molar refractivity (Wildman–Crippen MR) is 66.6 cm³/mol. The fourth-order valence-electron chi connectivity index (χ4n) is 2.77. The second-order valence-electron chi connectivity index (χ2n) is 5.29. The second kappa shape index (κ2) is 6.36. The molecule has 1 aliphatic carbocycles. The number of nitrogens with one attached hydrogen (secondary N) is 1. The third kappa shape index (κ3) is 3.42. The van der Waals surface area contributed by atoms with Crippen LogP contribution in [0, 0.1) is 5.92 Å². The molecule has 1 saturated heterocycles. The second-order valence-corrected chi connectivity index (χ2v) is 5.29. The summed E-state index contributed by atoms with van der Waals surface area (Å²) in [6, 6.07) is 0.413. The zero-order valence-corrected chi connectivity index (χ0v) is 10.5. The fraction of sp³-hybridized carbons (Fsp3) is 0.923. The molecule has 0 aromatic heterocycles. The van der Waals surface area contributed by atoms with E-state index >= 15 is 0 Å². The average Bonchev–Trinajstić information content (AvgIpc) is 2.27. The summed E-state index contributed by atoms with van der Waals surface area (Å²) in [4.78, 5) is 14.2. The average molecular weight is 240 g/mol. The van der Waals surface area contributed by atoms with Crippen molar-refractivity contribution in [1.82, 2.24) is 10.2 Å². The third-order valence-electron chi connectivity index (χ3n) is 4.10. The molecule has 4 nitrogen and oxygen atoms in total. The van der Waals surface area contributed by atoms with Gasteiger partial charge in [0.25, 0.3) is 0 Å². The number of carbonyl (C=O) groups is 1. The molecule has 1 saturated carbocycles. The first-order valence-corrected chi connectivity index (χ1v) is 6.92. The number of rotatable bonds is 5. The van der Waals surface area contributed by atoms with Crippen molar-refractivity contribution in [2.75, 3.05) is 26.2 Å². The molecule has 0 unspecified atom stereocenters. The highest BCUT2D eigenvalue weighted by Crippen LogP contribution is 2.26. The molecule has 1 aliphatic heterocycles. The minimum Gasteiger partial charge on any atom is -0.395 e. The number of aliphatic hydroxyl groups excluding tert-OH is 1. The van der Waals surface area contributed by atoms with Crippen molar-refractivity contribution in [3.05, 3.63) is 0 Å². The highest BCUT2D eigenvalue weighted by molar-refractivity contribution is 5.77. The number of nitrogens with zero attached hydrogens (tertiary/aromatic N) is 1. The Kier molecular flexibility index (Phi) is 4.80. The SMILES string of the molecule is O=C(CC1CCNCC1)N(CCO)C1CCC1. The molecule has 2 rings (SSSR count). The molecular weight excluding hydrogens is 216 g/mol.